The fourth-order valence-corrected chi connectivity index (χ4v) is 4.21. The maximum absolute atomic E-state index is 11.9. The van der Waals surface area contributed by atoms with Crippen LogP contribution >= 0.6 is 0 Å². The Morgan fingerprint density at radius 2 is 1.95 bits per heavy atom. The van der Waals surface area contributed by atoms with E-state index >= 15 is 0 Å². The second-order valence-electron chi connectivity index (χ2n) is 4.81. The molecule has 5 nitrogen and oxygen atoms in total. The van der Waals surface area contributed by atoms with Gasteiger partial charge in [-0.05, 0) is 25.1 Å². The Morgan fingerprint density at radius 3 is 2.53 bits per heavy atom. The van der Waals surface area contributed by atoms with E-state index in [-0.39, 0.29) is 23.6 Å². The van der Waals surface area contributed by atoms with Gasteiger partial charge in [0.1, 0.15) is 11.5 Å². The van der Waals surface area contributed by atoms with Gasteiger partial charge in [0.2, 0.25) is 0 Å². The molecule has 1 aromatic carbocycles. The van der Waals surface area contributed by atoms with Crippen LogP contribution in [0.5, 0.6) is 11.5 Å². The van der Waals surface area contributed by atoms with Gasteiger partial charge in [-0.1, -0.05) is 0 Å². The summed E-state index contributed by atoms with van der Waals surface area (Å²) in [5.74, 6) is 1.62. The minimum absolute atomic E-state index is 0.0698. The highest BCUT2D eigenvalue weighted by molar-refractivity contribution is 7.91. The standard InChI is InChI=1S/C13H19NO4S/c1-9-7-19(15,16)8-12(14-9)11-6-10(17-2)4-5-13(11)18-3/h4-6,9,12,14H,7-8H2,1-3H3. The van der Waals surface area contributed by atoms with Crippen molar-refractivity contribution in [2.45, 2.75) is 19.0 Å². The number of benzene rings is 1. The van der Waals surface area contributed by atoms with E-state index in [2.05, 4.69) is 5.32 Å². The van der Waals surface area contributed by atoms with Crippen LogP contribution in [0.3, 0.4) is 0 Å². The molecule has 0 radical (unpaired) electrons. The summed E-state index contributed by atoms with van der Waals surface area (Å²) in [6, 6.07) is 5.08. The Kier molecular flexibility index (Phi) is 4.01. The Morgan fingerprint density at radius 1 is 1.21 bits per heavy atom. The molecule has 1 aliphatic heterocycles. The summed E-state index contributed by atoms with van der Waals surface area (Å²) in [6.45, 7) is 1.87. The van der Waals surface area contributed by atoms with Gasteiger partial charge in [-0.2, -0.15) is 0 Å². The van der Waals surface area contributed by atoms with Crippen molar-refractivity contribution in [1.82, 2.24) is 5.32 Å². The van der Waals surface area contributed by atoms with Gasteiger partial charge in [-0.3, -0.25) is 0 Å². The molecule has 1 saturated heterocycles. The average molecular weight is 285 g/mol. The van der Waals surface area contributed by atoms with Gasteiger partial charge in [-0.25, -0.2) is 8.42 Å². The van der Waals surface area contributed by atoms with Gasteiger partial charge < -0.3 is 14.8 Å². The Balaban J connectivity index is 2.39. The minimum Gasteiger partial charge on any atom is -0.497 e. The molecular weight excluding hydrogens is 266 g/mol. The van der Waals surface area contributed by atoms with Crippen LogP contribution in [0, 0.1) is 0 Å². The highest BCUT2D eigenvalue weighted by Gasteiger charge is 2.31. The third-order valence-electron chi connectivity index (χ3n) is 3.22. The number of methoxy groups -OCH3 is 2. The molecule has 2 atom stereocenters. The van der Waals surface area contributed by atoms with Crippen molar-refractivity contribution < 1.29 is 17.9 Å². The second-order valence-corrected chi connectivity index (χ2v) is 6.96. The van der Waals surface area contributed by atoms with E-state index < -0.39 is 9.84 Å². The van der Waals surface area contributed by atoms with Crippen molar-refractivity contribution in [2.75, 3.05) is 25.7 Å². The lowest BCUT2D eigenvalue weighted by atomic mass is 10.1. The number of hydrogen-bond acceptors (Lipinski definition) is 5. The summed E-state index contributed by atoms with van der Waals surface area (Å²) < 4.78 is 34.3. The van der Waals surface area contributed by atoms with E-state index in [0.29, 0.717) is 11.5 Å². The molecule has 1 N–H and O–H groups in total. The van der Waals surface area contributed by atoms with E-state index in [1.165, 1.54) is 0 Å². The fraction of sp³-hybridized carbons (Fsp3) is 0.538. The van der Waals surface area contributed by atoms with Crippen LogP contribution in [0.2, 0.25) is 0 Å². The van der Waals surface area contributed by atoms with Gasteiger partial charge in [0.15, 0.2) is 9.84 Å². The third-order valence-corrected chi connectivity index (χ3v) is 5.07. The normalized spacial score (nSPS) is 25.8. The Labute approximate surface area is 113 Å². The van der Waals surface area contributed by atoms with Gasteiger partial charge in [0, 0.05) is 11.6 Å². The molecule has 1 heterocycles. The minimum atomic E-state index is -3.03. The largest absolute Gasteiger partial charge is 0.497 e. The molecule has 2 rings (SSSR count). The zero-order valence-electron chi connectivity index (χ0n) is 11.3. The number of hydrogen-bond donors (Lipinski definition) is 1. The lowest BCUT2D eigenvalue weighted by Gasteiger charge is -2.30. The SMILES string of the molecule is COc1ccc(OC)c(C2CS(=O)(=O)CC(C)N2)c1. The molecular formula is C13H19NO4S. The molecule has 6 heteroatoms. The summed E-state index contributed by atoms with van der Waals surface area (Å²) in [5, 5.41) is 3.30. The second kappa shape index (κ2) is 5.38. The molecule has 106 valence electrons. The summed E-state index contributed by atoms with van der Waals surface area (Å²) in [4.78, 5) is 0. The number of sulfone groups is 1. The van der Waals surface area contributed by atoms with E-state index in [1.807, 2.05) is 13.0 Å². The topological polar surface area (TPSA) is 64.6 Å². The summed E-state index contributed by atoms with van der Waals surface area (Å²) in [5.41, 5.74) is 0.817. The molecule has 0 spiro atoms. The first-order valence-electron chi connectivity index (χ1n) is 6.13. The number of rotatable bonds is 3. The smallest absolute Gasteiger partial charge is 0.153 e. The molecule has 19 heavy (non-hydrogen) atoms. The molecule has 0 amide bonds. The van der Waals surface area contributed by atoms with Crippen LogP contribution in [-0.2, 0) is 9.84 Å². The van der Waals surface area contributed by atoms with Crippen molar-refractivity contribution in [3.8, 4) is 11.5 Å². The highest BCUT2D eigenvalue weighted by Crippen LogP contribution is 2.32. The van der Waals surface area contributed by atoms with Crippen LogP contribution in [0.25, 0.3) is 0 Å². The van der Waals surface area contributed by atoms with Crippen molar-refractivity contribution in [3.05, 3.63) is 23.8 Å². The predicted molar refractivity (Wildman–Crippen MR) is 73.5 cm³/mol. The van der Waals surface area contributed by atoms with Crippen LogP contribution in [0.1, 0.15) is 18.5 Å². The molecule has 1 fully saturated rings. The van der Waals surface area contributed by atoms with Crippen LogP contribution in [-0.4, -0.2) is 40.2 Å². The van der Waals surface area contributed by atoms with Gasteiger partial charge in [-0.15, -0.1) is 0 Å². The first-order valence-corrected chi connectivity index (χ1v) is 7.95. The maximum Gasteiger partial charge on any atom is 0.153 e. The van der Waals surface area contributed by atoms with E-state index in [0.717, 1.165) is 5.56 Å². The van der Waals surface area contributed by atoms with Crippen molar-refractivity contribution >= 4 is 9.84 Å². The summed E-state index contributed by atoms with van der Waals surface area (Å²) in [6.07, 6.45) is 0. The first-order chi connectivity index (χ1) is 8.95. The molecule has 0 bridgehead atoms. The molecule has 2 unspecified atom stereocenters. The van der Waals surface area contributed by atoms with Gasteiger partial charge >= 0.3 is 0 Å². The van der Waals surface area contributed by atoms with E-state index in [9.17, 15) is 8.42 Å². The van der Waals surface area contributed by atoms with Crippen LogP contribution < -0.4 is 14.8 Å². The zero-order valence-corrected chi connectivity index (χ0v) is 12.2. The Hall–Kier alpha value is -1.27. The van der Waals surface area contributed by atoms with Gasteiger partial charge in [0.05, 0.1) is 31.8 Å². The summed E-state index contributed by atoms with van der Waals surface area (Å²) in [7, 11) is 0.125. The van der Waals surface area contributed by atoms with E-state index in [1.54, 1.807) is 26.4 Å². The molecule has 0 saturated carbocycles. The van der Waals surface area contributed by atoms with Crippen LogP contribution in [0.15, 0.2) is 18.2 Å². The van der Waals surface area contributed by atoms with E-state index in [4.69, 9.17) is 9.47 Å². The molecule has 1 aromatic rings. The average Bonchev–Trinajstić information content (AvgIpc) is 2.35. The van der Waals surface area contributed by atoms with Crippen molar-refractivity contribution in [2.24, 2.45) is 0 Å². The number of ether oxygens (including phenoxy) is 2. The fourth-order valence-electron chi connectivity index (χ4n) is 2.43. The van der Waals surface area contributed by atoms with Crippen LogP contribution in [0.4, 0.5) is 0 Å². The predicted octanol–water partition coefficient (Wildman–Crippen LogP) is 1.15. The Bertz CT molecular complexity index is 556. The zero-order chi connectivity index (χ0) is 14.0. The number of nitrogens with one attached hydrogen (secondary N) is 1. The molecule has 0 aliphatic carbocycles. The lowest BCUT2D eigenvalue weighted by molar-refractivity contribution is 0.386. The van der Waals surface area contributed by atoms with Gasteiger partial charge in [0.25, 0.3) is 0 Å². The monoisotopic (exact) mass is 285 g/mol. The lowest BCUT2D eigenvalue weighted by Crippen LogP contribution is -2.45. The van der Waals surface area contributed by atoms with Crippen molar-refractivity contribution in [3.63, 3.8) is 0 Å². The highest BCUT2D eigenvalue weighted by atomic mass is 32.2. The first kappa shape index (κ1) is 14.1. The summed E-state index contributed by atoms with van der Waals surface area (Å²) >= 11 is 0. The molecule has 1 aliphatic rings. The maximum atomic E-state index is 11.9. The third kappa shape index (κ3) is 3.19. The quantitative estimate of drug-likeness (QED) is 0.902. The molecule has 0 aromatic heterocycles. The van der Waals surface area contributed by atoms with Crippen molar-refractivity contribution in [1.29, 1.82) is 0 Å².